The fraction of sp³-hybridized carbons (Fsp3) is 0.500. The normalized spacial score (nSPS) is 13.7. The molecule has 0 fully saturated rings. The zero-order valence-corrected chi connectivity index (χ0v) is 8.30. The largest absolute Gasteiger partial charge is 0.366 e. The van der Waals surface area contributed by atoms with Gasteiger partial charge in [0.15, 0.2) is 0 Å². The Morgan fingerprint density at radius 1 is 1.67 bits per heavy atom. The molecule has 5 nitrogen and oxygen atoms in total. The lowest BCUT2D eigenvalue weighted by atomic mass is 10.3. The van der Waals surface area contributed by atoms with Crippen molar-refractivity contribution < 1.29 is 18.8 Å². The molecule has 0 aliphatic heterocycles. The Labute approximate surface area is 71.8 Å². The van der Waals surface area contributed by atoms with Crippen LogP contribution in [0.5, 0.6) is 0 Å². The minimum Gasteiger partial charge on any atom is -0.366 e. The molecule has 0 rings (SSSR count). The van der Waals surface area contributed by atoms with Crippen LogP contribution in [0.15, 0.2) is 12.2 Å². The monoisotopic (exact) mass is 195 g/mol. The summed E-state index contributed by atoms with van der Waals surface area (Å²) in [6.07, 6.45) is 0. The molecule has 1 unspecified atom stereocenters. The van der Waals surface area contributed by atoms with E-state index in [2.05, 4.69) is 11.1 Å². The molecule has 0 aliphatic rings. The Balaban J connectivity index is 0. The van der Waals surface area contributed by atoms with Crippen LogP contribution in [0.25, 0.3) is 0 Å². The molecule has 0 aromatic heterocycles. The van der Waals surface area contributed by atoms with Gasteiger partial charge in [-0.1, -0.05) is 6.58 Å². The van der Waals surface area contributed by atoms with Crippen LogP contribution in [0.4, 0.5) is 0 Å². The first kappa shape index (κ1) is 13.9. The van der Waals surface area contributed by atoms with E-state index in [9.17, 15) is 9.36 Å². The molecule has 0 heterocycles. The molecule has 3 N–H and O–H groups in total. The van der Waals surface area contributed by atoms with E-state index in [1.54, 1.807) is 6.92 Å². The average molecular weight is 195 g/mol. The molecule has 0 aliphatic carbocycles. The van der Waals surface area contributed by atoms with E-state index < -0.39 is 13.5 Å². The van der Waals surface area contributed by atoms with Gasteiger partial charge >= 0.3 is 7.60 Å². The Hall–Kier alpha value is -0.640. The van der Waals surface area contributed by atoms with E-state index in [1.165, 1.54) is 7.11 Å². The molecule has 0 saturated heterocycles. The maximum absolute atomic E-state index is 9.92. The molecule has 0 saturated carbocycles. The quantitative estimate of drug-likeness (QED) is 0.495. The van der Waals surface area contributed by atoms with Crippen molar-refractivity contribution in [2.75, 3.05) is 13.8 Å². The Kier molecular flexibility index (Phi) is 6.89. The third-order valence-electron chi connectivity index (χ3n) is 0.759. The second-order valence-corrected chi connectivity index (χ2v) is 4.10. The van der Waals surface area contributed by atoms with Crippen LogP contribution in [0, 0.1) is 0 Å². The smallest absolute Gasteiger partial charge is 0.324 e. The van der Waals surface area contributed by atoms with Crippen molar-refractivity contribution in [1.29, 1.82) is 0 Å². The highest BCUT2D eigenvalue weighted by atomic mass is 31.2. The Bertz CT molecular complexity index is 196. The maximum Gasteiger partial charge on any atom is 0.324 e. The lowest BCUT2D eigenvalue weighted by molar-refractivity contribution is -0.114. The number of primary amides is 1. The molecule has 0 bridgehead atoms. The van der Waals surface area contributed by atoms with Gasteiger partial charge in [0.25, 0.3) is 0 Å². The number of hydrogen-bond acceptors (Lipinski definition) is 3. The Morgan fingerprint density at radius 3 is 1.83 bits per heavy atom. The van der Waals surface area contributed by atoms with E-state index in [-0.39, 0.29) is 0 Å². The molecule has 72 valence electrons. The fourth-order valence-electron chi connectivity index (χ4n) is 0. The summed E-state index contributed by atoms with van der Waals surface area (Å²) < 4.78 is 14.0. The van der Waals surface area contributed by atoms with E-state index in [1.807, 2.05) is 0 Å². The fourth-order valence-corrected chi connectivity index (χ4v) is 0. The summed E-state index contributed by atoms with van der Waals surface area (Å²) in [5, 5.41) is 0. The molecule has 6 heteroatoms. The number of carbonyl (C=O) groups is 1. The molecule has 12 heavy (non-hydrogen) atoms. The topological polar surface area (TPSA) is 89.6 Å². The van der Waals surface area contributed by atoms with Gasteiger partial charge in [-0.2, -0.15) is 0 Å². The molecular formula is C6H14NO4P. The summed E-state index contributed by atoms with van der Waals surface area (Å²) in [5.74, 6) is -0.435. The third kappa shape index (κ3) is 16.2. The van der Waals surface area contributed by atoms with Gasteiger partial charge in [0, 0.05) is 19.3 Å². The number of carbonyl (C=O) groups excluding carboxylic acids is 1. The second-order valence-electron chi connectivity index (χ2n) is 2.13. The highest BCUT2D eigenvalue weighted by Gasteiger charge is 2.02. The highest BCUT2D eigenvalue weighted by molar-refractivity contribution is 7.51. The van der Waals surface area contributed by atoms with Crippen molar-refractivity contribution in [2.24, 2.45) is 5.73 Å². The van der Waals surface area contributed by atoms with E-state index in [0.717, 1.165) is 6.66 Å². The molecule has 0 radical (unpaired) electrons. The van der Waals surface area contributed by atoms with Gasteiger partial charge in [-0.3, -0.25) is 9.36 Å². The van der Waals surface area contributed by atoms with Gasteiger partial charge in [-0.05, 0) is 6.92 Å². The third-order valence-corrected chi connectivity index (χ3v) is 1.44. The van der Waals surface area contributed by atoms with Gasteiger partial charge in [0.05, 0.1) is 0 Å². The van der Waals surface area contributed by atoms with Crippen molar-refractivity contribution in [3.8, 4) is 0 Å². The van der Waals surface area contributed by atoms with E-state index in [0.29, 0.717) is 5.57 Å². The predicted molar refractivity (Wildman–Crippen MR) is 46.8 cm³/mol. The molecule has 1 atom stereocenters. The van der Waals surface area contributed by atoms with Crippen LogP contribution in [0.2, 0.25) is 0 Å². The van der Waals surface area contributed by atoms with Gasteiger partial charge in [0.1, 0.15) is 0 Å². The first-order valence-electron chi connectivity index (χ1n) is 3.02. The van der Waals surface area contributed by atoms with Gasteiger partial charge in [-0.25, -0.2) is 0 Å². The van der Waals surface area contributed by atoms with Crippen molar-refractivity contribution in [1.82, 2.24) is 0 Å². The van der Waals surface area contributed by atoms with Crippen molar-refractivity contribution in [3.05, 3.63) is 12.2 Å². The summed E-state index contributed by atoms with van der Waals surface area (Å²) in [5.41, 5.74) is 5.09. The number of hydrogen-bond donors (Lipinski definition) is 2. The summed E-state index contributed by atoms with van der Waals surface area (Å²) in [4.78, 5) is 18.0. The molecule has 1 amide bonds. The lowest BCUT2D eigenvalue weighted by Crippen LogP contribution is -2.10. The van der Waals surface area contributed by atoms with Crippen LogP contribution in [-0.4, -0.2) is 24.6 Å². The number of nitrogens with two attached hydrogens (primary N) is 1. The minimum atomic E-state index is -3.15. The molecular weight excluding hydrogens is 181 g/mol. The summed E-state index contributed by atoms with van der Waals surface area (Å²) in [7, 11) is -1.95. The van der Waals surface area contributed by atoms with Gasteiger partial charge in [0.2, 0.25) is 5.91 Å². The first-order valence-corrected chi connectivity index (χ1v) is 5.04. The molecule has 0 spiro atoms. The highest BCUT2D eigenvalue weighted by Crippen LogP contribution is 2.34. The van der Waals surface area contributed by atoms with Crippen LogP contribution >= 0.6 is 7.60 Å². The van der Waals surface area contributed by atoms with Crippen molar-refractivity contribution >= 4 is 13.5 Å². The number of amides is 1. The first-order chi connectivity index (χ1) is 5.20. The average Bonchev–Trinajstić information content (AvgIpc) is 1.87. The van der Waals surface area contributed by atoms with Gasteiger partial charge in [-0.15, -0.1) is 0 Å². The van der Waals surface area contributed by atoms with Crippen LogP contribution in [0.1, 0.15) is 6.92 Å². The molecule has 0 aromatic carbocycles. The van der Waals surface area contributed by atoms with Crippen LogP contribution in [-0.2, 0) is 13.9 Å². The summed E-state index contributed by atoms with van der Waals surface area (Å²) in [6, 6.07) is 0. The van der Waals surface area contributed by atoms with Gasteiger partial charge < -0.3 is 15.2 Å². The summed E-state index contributed by atoms with van der Waals surface area (Å²) >= 11 is 0. The van der Waals surface area contributed by atoms with Crippen LogP contribution < -0.4 is 5.73 Å². The standard InChI is InChI=1S/C4H7NO.C2H7O3P/c1-3(2)4(5)6;1-5-6(2,3)4/h1H2,2H3,(H2,5,6);1-2H3,(H,3,4). The number of rotatable bonds is 2. The zero-order valence-electron chi connectivity index (χ0n) is 7.40. The minimum absolute atomic E-state index is 0.398. The second kappa shape index (κ2) is 5.94. The maximum atomic E-state index is 9.92. The van der Waals surface area contributed by atoms with Crippen molar-refractivity contribution in [3.63, 3.8) is 0 Å². The Morgan fingerprint density at radius 2 is 1.83 bits per heavy atom. The summed E-state index contributed by atoms with van der Waals surface area (Å²) in [6.45, 7) is 5.98. The zero-order chi connectivity index (χ0) is 10.4. The van der Waals surface area contributed by atoms with E-state index in [4.69, 9.17) is 10.6 Å². The predicted octanol–water partition coefficient (Wildman–Crippen LogP) is 0.496. The lowest BCUT2D eigenvalue weighted by Gasteiger charge is -1.96. The SMILES string of the molecule is C=C(C)C(N)=O.COP(C)(=O)O. The molecule has 0 aromatic rings. The van der Waals surface area contributed by atoms with Crippen LogP contribution in [0.3, 0.4) is 0 Å². The van der Waals surface area contributed by atoms with E-state index >= 15 is 0 Å². The van der Waals surface area contributed by atoms with Crippen molar-refractivity contribution in [2.45, 2.75) is 6.92 Å².